The number of carbonyl (C=O) groups is 2. The first-order valence-corrected chi connectivity index (χ1v) is 9.30. The van der Waals surface area contributed by atoms with Gasteiger partial charge in [-0.15, -0.1) is 0 Å². The largest absolute Gasteiger partial charge is 0.441 e. The Labute approximate surface area is 157 Å². The number of aliphatic hydroxyl groups excluding tert-OH is 1. The van der Waals surface area contributed by atoms with Crippen LogP contribution in [-0.4, -0.2) is 75.3 Å². The number of aromatic nitrogens is 2. The van der Waals surface area contributed by atoms with Crippen molar-refractivity contribution >= 4 is 23.0 Å². The summed E-state index contributed by atoms with van der Waals surface area (Å²) in [6.07, 6.45) is 3.63. The molecule has 2 aromatic rings. The Balaban J connectivity index is 1.49. The minimum absolute atomic E-state index is 0.0247. The Morgan fingerprint density at radius 3 is 2.93 bits per heavy atom. The van der Waals surface area contributed by atoms with Crippen LogP contribution in [0.5, 0.6) is 0 Å². The zero-order chi connectivity index (χ0) is 19.0. The molecule has 1 N–H and O–H groups in total. The van der Waals surface area contributed by atoms with Crippen molar-refractivity contribution in [2.45, 2.75) is 31.4 Å². The number of nitrogens with zero attached hydrogens (tertiary/aromatic N) is 4. The Hall–Kier alpha value is -2.61. The number of imidazole rings is 1. The van der Waals surface area contributed by atoms with Crippen LogP contribution in [0.3, 0.4) is 0 Å². The Bertz CT molecular complexity index is 880. The van der Waals surface area contributed by atoms with Crippen LogP contribution in [0.15, 0.2) is 24.5 Å². The van der Waals surface area contributed by atoms with Crippen molar-refractivity contribution in [3.05, 3.63) is 30.1 Å². The summed E-state index contributed by atoms with van der Waals surface area (Å²) >= 11 is 0. The highest BCUT2D eigenvalue weighted by molar-refractivity contribution is 5.97. The van der Waals surface area contributed by atoms with E-state index in [4.69, 9.17) is 9.84 Å². The molecule has 2 aliphatic rings. The van der Waals surface area contributed by atoms with Crippen LogP contribution in [0.4, 0.5) is 4.79 Å². The topological polar surface area (TPSA) is 87.9 Å². The number of benzene rings is 1. The van der Waals surface area contributed by atoms with Crippen LogP contribution in [0.1, 0.15) is 29.6 Å². The molecule has 0 bridgehead atoms. The van der Waals surface area contributed by atoms with E-state index < -0.39 is 5.60 Å². The average Bonchev–Trinajstić information content (AvgIpc) is 3.10. The second-order valence-electron chi connectivity index (χ2n) is 7.42. The van der Waals surface area contributed by atoms with Crippen LogP contribution in [0.25, 0.3) is 11.0 Å². The normalized spacial score (nSPS) is 23.1. The maximum absolute atomic E-state index is 13.0. The van der Waals surface area contributed by atoms with Crippen molar-refractivity contribution in [1.82, 2.24) is 19.4 Å². The minimum Gasteiger partial charge on any atom is -0.441 e. The van der Waals surface area contributed by atoms with Crippen LogP contribution in [0, 0.1) is 0 Å². The maximum Gasteiger partial charge on any atom is 0.410 e. The molecular weight excluding hydrogens is 348 g/mol. The molecule has 1 spiro atoms. The van der Waals surface area contributed by atoms with E-state index in [1.807, 2.05) is 21.6 Å². The van der Waals surface area contributed by atoms with E-state index in [2.05, 4.69) is 4.98 Å². The first kappa shape index (κ1) is 17.8. The molecule has 0 unspecified atom stereocenters. The Morgan fingerprint density at radius 2 is 2.19 bits per heavy atom. The summed E-state index contributed by atoms with van der Waals surface area (Å²) in [4.78, 5) is 32.5. The lowest BCUT2D eigenvalue weighted by atomic mass is 9.95. The van der Waals surface area contributed by atoms with Crippen molar-refractivity contribution in [2.75, 3.05) is 33.3 Å². The molecule has 0 saturated carbocycles. The number of likely N-dealkylation sites (tertiary alicyclic amines) is 1. The second-order valence-corrected chi connectivity index (χ2v) is 7.42. The number of hydrogen-bond donors (Lipinski definition) is 1. The van der Waals surface area contributed by atoms with Crippen molar-refractivity contribution in [3.63, 3.8) is 0 Å². The molecule has 2 aliphatic heterocycles. The third kappa shape index (κ3) is 3.25. The lowest BCUT2D eigenvalue weighted by Crippen LogP contribution is -2.36. The number of fused-ring (bicyclic) bond motifs is 1. The van der Waals surface area contributed by atoms with Gasteiger partial charge in [0.15, 0.2) is 0 Å². The molecule has 2 amide bonds. The fourth-order valence-corrected chi connectivity index (χ4v) is 4.09. The second kappa shape index (κ2) is 6.84. The minimum atomic E-state index is -0.464. The lowest BCUT2D eigenvalue weighted by Gasteiger charge is -2.25. The molecule has 4 rings (SSSR count). The predicted octanol–water partition coefficient (Wildman–Crippen LogP) is 1.48. The lowest BCUT2D eigenvalue weighted by molar-refractivity contribution is 0.0438. The molecule has 8 nitrogen and oxygen atoms in total. The molecule has 8 heteroatoms. The van der Waals surface area contributed by atoms with Gasteiger partial charge >= 0.3 is 6.09 Å². The highest BCUT2D eigenvalue weighted by atomic mass is 16.6. The van der Waals surface area contributed by atoms with E-state index in [9.17, 15) is 9.59 Å². The molecule has 1 aromatic carbocycles. The third-order valence-corrected chi connectivity index (χ3v) is 5.53. The molecule has 2 fully saturated rings. The Kier molecular flexibility index (Phi) is 4.51. The number of rotatable bonds is 3. The van der Waals surface area contributed by atoms with Gasteiger partial charge in [0, 0.05) is 38.7 Å². The summed E-state index contributed by atoms with van der Waals surface area (Å²) in [6, 6.07) is 5.48. The number of likely N-dealkylation sites (N-methyl/N-ethyl adjacent to an activating group) is 1. The standard InChI is InChI=1S/C19H24N4O4/c1-21-12-19(27-18(21)26)5-2-7-22(8-6-19)17(25)14-3-4-16-15(11-14)20-13-23(16)9-10-24/h3-4,11,13,24H,2,5-10,12H2,1H3/t19-/m0/s1. The van der Waals surface area contributed by atoms with Gasteiger partial charge in [0.1, 0.15) is 5.60 Å². The van der Waals surface area contributed by atoms with Gasteiger partial charge in [0.2, 0.25) is 0 Å². The van der Waals surface area contributed by atoms with Crippen LogP contribution in [-0.2, 0) is 11.3 Å². The third-order valence-electron chi connectivity index (χ3n) is 5.53. The zero-order valence-corrected chi connectivity index (χ0v) is 15.4. The molecular formula is C19H24N4O4. The monoisotopic (exact) mass is 372 g/mol. The van der Waals surface area contributed by atoms with Crippen molar-refractivity contribution in [3.8, 4) is 0 Å². The first-order chi connectivity index (χ1) is 13.0. The van der Waals surface area contributed by atoms with Crippen molar-refractivity contribution in [1.29, 1.82) is 0 Å². The number of hydrogen-bond acceptors (Lipinski definition) is 5. The summed E-state index contributed by atoms with van der Waals surface area (Å²) in [6.45, 7) is 2.32. The average molecular weight is 372 g/mol. The van der Waals surface area contributed by atoms with Gasteiger partial charge in [-0.05, 0) is 31.0 Å². The molecule has 0 aliphatic carbocycles. The summed E-state index contributed by atoms with van der Waals surface area (Å²) in [5.41, 5.74) is 1.78. The van der Waals surface area contributed by atoms with Gasteiger partial charge in [-0.3, -0.25) is 4.79 Å². The quantitative estimate of drug-likeness (QED) is 0.882. The summed E-state index contributed by atoms with van der Waals surface area (Å²) < 4.78 is 7.48. The van der Waals surface area contributed by atoms with Gasteiger partial charge in [-0.25, -0.2) is 9.78 Å². The van der Waals surface area contributed by atoms with E-state index in [1.54, 1.807) is 24.3 Å². The van der Waals surface area contributed by atoms with Crippen molar-refractivity contribution < 1.29 is 19.4 Å². The summed E-state index contributed by atoms with van der Waals surface area (Å²) in [7, 11) is 1.75. The molecule has 144 valence electrons. The molecule has 1 aromatic heterocycles. The summed E-state index contributed by atoms with van der Waals surface area (Å²) in [5, 5.41) is 9.11. The Morgan fingerprint density at radius 1 is 1.33 bits per heavy atom. The van der Waals surface area contributed by atoms with Gasteiger partial charge in [0.25, 0.3) is 5.91 Å². The van der Waals surface area contributed by atoms with E-state index in [1.165, 1.54) is 0 Å². The SMILES string of the molecule is CN1C[C@@]2(CCCN(C(=O)c3ccc4c(c3)ncn4CCO)CC2)OC1=O. The molecule has 3 heterocycles. The highest BCUT2D eigenvalue weighted by Gasteiger charge is 2.44. The van der Waals surface area contributed by atoms with E-state index in [0.29, 0.717) is 38.2 Å². The van der Waals surface area contributed by atoms with Gasteiger partial charge in [0.05, 0.1) is 30.5 Å². The fourth-order valence-electron chi connectivity index (χ4n) is 4.09. The highest BCUT2D eigenvalue weighted by Crippen LogP contribution is 2.33. The van der Waals surface area contributed by atoms with Gasteiger partial charge in [-0.2, -0.15) is 0 Å². The number of carbonyl (C=O) groups excluding carboxylic acids is 2. The summed E-state index contributed by atoms with van der Waals surface area (Å²) in [5.74, 6) is -0.0247. The van der Waals surface area contributed by atoms with Crippen LogP contribution >= 0.6 is 0 Å². The van der Waals surface area contributed by atoms with E-state index >= 15 is 0 Å². The molecule has 2 saturated heterocycles. The zero-order valence-electron chi connectivity index (χ0n) is 15.4. The van der Waals surface area contributed by atoms with E-state index in [-0.39, 0.29) is 18.6 Å². The number of amides is 2. The molecule has 0 radical (unpaired) electrons. The van der Waals surface area contributed by atoms with Crippen molar-refractivity contribution in [2.24, 2.45) is 0 Å². The van der Waals surface area contributed by atoms with Gasteiger partial charge < -0.3 is 24.2 Å². The smallest absolute Gasteiger partial charge is 0.410 e. The van der Waals surface area contributed by atoms with Crippen LogP contribution in [0.2, 0.25) is 0 Å². The van der Waals surface area contributed by atoms with Gasteiger partial charge in [-0.1, -0.05) is 0 Å². The number of aliphatic hydroxyl groups is 1. The maximum atomic E-state index is 13.0. The van der Waals surface area contributed by atoms with E-state index in [0.717, 1.165) is 23.9 Å². The predicted molar refractivity (Wildman–Crippen MR) is 98.4 cm³/mol. The fraction of sp³-hybridized carbons (Fsp3) is 0.526. The number of ether oxygens (including phenoxy) is 1. The molecule has 27 heavy (non-hydrogen) atoms. The first-order valence-electron chi connectivity index (χ1n) is 9.30. The molecule has 1 atom stereocenters. The van der Waals surface area contributed by atoms with Crippen LogP contribution < -0.4 is 0 Å².